The number of anilines is 1. The molecule has 0 saturated heterocycles. The molecule has 0 aliphatic carbocycles. The van der Waals surface area contributed by atoms with E-state index in [0.29, 0.717) is 29.1 Å². The average molecular weight is 414 g/mol. The Hall–Kier alpha value is -3.27. The first-order valence-corrected chi connectivity index (χ1v) is 10.7. The molecule has 3 aromatic rings. The maximum Gasteiger partial charge on any atom is 0.338 e. The molecule has 10 heteroatoms. The van der Waals surface area contributed by atoms with E-state index < -0.39 is 16.0 Å². The van der Waals surface area contributed by atoms with Gasteiger partial charge in [-0.3, -0.25) is 9.29 Å². The van der Waals surface area contributed by atoms with Crippen LogP contribution in [-0.2, 0) is 27.8 Å². The van der Waals surface area contributed by atoms with Gasteiger partial charge in [0, 0.05) is 24.0 Å². The Morgan fingerprint density at radius 2 is 2.17 bits per heavy atom. The topological polar surface area (TPSA) is 115 Å². The highest BCUT2D eigenvalue weighted by Crippen LogP contribution is 2.34. The first kappa shape index (κ1) is 19.1. The second kappa shape index (κ2) is 7.28. The predicted molar refractivity (Wildman–Crippen MR) is 104 cm³/mol. The number of nitrogens with zero attached hydrogens (tertiary/aromatic N) is 4. The first-order chi connectivity index (χ1) is 13.8. The molecule has 1 aromatic carbocycles. The zero-order valence-corrected chi connectivity index (χ0v) is 16.6. The van der Waals surface area contributed by atoms with Crippen LogP contribution < -0.4 is 4.31 Å². The number of pyridine rings is 1. The van der Waals surface area contributed by atoms with Crippen molar-refractivity contribution in [2.45, 2.75) is 26.0 Å². The highest BCUT2D eigenvalue weighted by Gasteiger charge is 2.33. The highest BCUT2D eigenvalue weighted by atomic mass is 32.2. The molecule has 0 bridgehead atoms. The molecule has 0 fully saturated rings. The van der Waals surface area contributed by atoms with E-state index in [1.54, 1.807) is 42.7 Å². The van der Waals surface area contributed by atoms with Crippen LogP contribution >= 0.6 is 0 Å². The van der Waals surface area contributed by atoms with E-state index in [0.717, 1.165) is 5.56 Å². The Balaban J connectivity index is 1.45. The average Bonchev–Trinajstić information content (AvgIpc) is 3.29. The number of rotatable bonds is 5. The normalized spacial score (nSPS) is 15.9. The lowest BCUT2D eigenvalue weighted by molar-refractivity contribution is 0.0429. The molecule has 1 unspecified atom stereocenters. The van der Waals surface area contributed by atoms with Gasteiger partial charge in [-0.2, -0.15) is 4.98 Å². The van der Waals surface area contributed by atoms with Crippen molar-refractivity contribution in [3.8, 4) is 11.4 Å². The summed E-state index contributed by atoms with van der Waals surface area (Å²) in [6.45, 7) is 1.66. The van der Waals surface area contributed by atoms with Crippen LogP contribution in [0.1, 0.15) is 28.7 Å². The van der Waals surface area contributed by atoms with Gasteiger partial charge in [-0.25, -0.2) is 13.2 Å². The number of carbonyl (C=O) groups excluding carboxylic acids is 1. The third-order valence-corrected chi connectivity index (χ3v) is 5.81. The van der Waals surface area contributed by atoms with Crippen molar-refractivity contribution in [2.75, 3.05) is 10.6 Å². The second-order valence-corrected chi connectivity index (χ2v) is 8.64. The molecule has 1 atom stereocenters. The fourth-order valence-electron chi connectivity index (χ4n) is 3.37. The van der Waals surface area contributed by atoms with Gasteiger partial charge in [-0.1, -0.05) is 5.16 Å². The molecule has 4 rings (SSSR count). The standard InChI is InChI=1S/C19H18N4O5S/c1-12-8-15-9-13(5-6-16(15)23(12)29(2,25)26)19(24)27-11-17-21-18(22-28-17)14-4-3-7-20-10-14/h3-7,9-10,12H,8,11H2,1-2H3. The third-order valence-electron chi connectivity index (χ3n) is 4.54. The van der Waals surface area contributed by atoms with E-state index in [1.165, 1.54) is 10.6 Å². The van der Waals surface area contributed by atoms with Crippen LogP contribution in [0.4, 0.5) is 5.69 Å². The van der Waals surface area contributed by atoms with Gasteiger partial charge in [0.1, 0.15) is 0 Å². The zero-order valence-electron chi connectivity index (χ0n) is 15.8. The Labute approximate surface area is 167 Å². The molecule has 0 N–H and O–H groups in total. The Bertz CT molecular complexity index is 1160. The summed E-state index contributed by atoms with van der Waals surface area (Å²) in [4.78, 5) is 20.6. The Kier molecular flexibility index (Phi) is 4.79. The molecule has 29 heavy (non-hydrogen) atoms. The Morgan fingerprint density at radius 3 is 2.90 bits per heavy atom. The molecule has 2 aromatic heterocycles. The summed E-state index contributed by atoms with van der Waals surface area (Å²) in [6, 6.07) is 8.18. The van der Waals surface area contributed by atoms with Crippen LogP contribution in [0.3, 0.4) is 0 Å². The lowest BCUT2D eigenvalue weighted by Gasteiger charge is -2.21. The fraction of sp³-hybridized carbons (Fsp3) is 0.263. The molecule has 1 aliphatic heterocycles. The van der Waals surface area contributed by atoms with Crippen molar-refractivity contribution in [2.24, 2.45) is 0 Å². The van der Waals surface area contributed by atoms with Crippen LogP contribution in [-0.4, -0.2) is 41.8 Å². The summed E-state index contributed by atoms with van der Waals surface area (Å²) < 4.78 is 35.7. The molecule has 0 amide bonds. The smallest absolute Gasteiger partial charge is 0.338 e. The van der Waals surface area contributed by atoms with Crippen molar-refractivity contribution in [1.29, 1.82) is 0 Å². The second-order valence-electron chi connectivity index (χ2n) is 6.79. The number of carbonyl (C=O) groups is 1. The molecule has 3 heterocycles. The minimum atomic E-state index is -3.38. The predicted octanol–water partition coefficient (Wildman–Crippen LogP) is 2.20. The maximum atomic E-state index is 12.4. The minimum Gasteiger partial charge on any atom is -0.452 e. The molecular weight excluding hydrogens is 396 g/mol. The van der Waals surface area contributed by atoms with Crippen molar-refractivity contribution in [3.63, 3.8) is 0 Å². The number of esters is 1. The highest BCUT2D eigenvalue weighted by molar-refractivity contribution is 7.92. The van der Waals surface area contributed by atoms with Gasteiger partial charge in [0.2, 0.25) is 15.8 Å². The van der Waals surface area contributed by atoms with Crippen molar-refractivity contribution in [1.82, 2.24) is 15.1 Å². The van der Waals surface area contributed by atoms with E-state index >= 15 is 0 Å². The summed E-state index contributed by atoms with van der Waals surface area (Å²) in [5.41, 5.74) is 2.40. The number of benzene rings is 1. The van der Waals surface area contributed by atoms with E-state index in [2.05, 4.69) is 15.1 Å². The number of hydrogen-bond donors (Lipinski definition) is 0. The monoisotopic (exact) mass is 414 g/mol. The lowest BCUT2D eigenvalue weighted by atomic mass is 10.1. The van der Waals surface area contributed by atoms with Crippen LogP contribution in [0.2, 0.25) is 0 Å². The zero-order chi connectivity index (χ0) is 20.6. The van der Waals surface area contributed by atoms with Crippen LogP contribution in [0.5, 0.6) is 0 Å². The molecule has 1 aliphatic rings. The molecule has 150 valence electrons. The summed E-state index contributed by atoms with van der Waals surface area (Å²) in [6.07, 6.45) is 4.94. The number of hydrogen-bond acceptors (Lipinski definition) is 8. The molecule has 9 nitrogen and oxygen atoms in total. The van der Waals surface area contributed by atoms with E-state index in [4.69, 9.17) is 9.26 Å². The fourth-order valence-corrected chi connectivity index (χ4v) is 4.64. The minimum absolute atomic E-state index is 0.162. The van der Waals surface area contributed by atoms with Gasteiger partial charge in [0.15, 0.2) is 6.61 Å². The van der Waals surface area contributed by atoms with Crippen molar-refractivity contribution >= 4 is 21.7 Å². The van der Waals surface area contributed by atoms with Gasteiger partial charge in [-0.15, -0.1) is 0 Å². The van der Waals surface area contributed by atoms with Crippen molar-refractivity contribution < 1.29 is 22.5 Å². The van der Waals surface area contributed by atoms with Gasteiger partial charge in [0.25, 0.3) is 5.89 Å². The maximum absolute atomic E-state index is 12.4. The molecule has 0 saturated carbocycles. The molecular formula is C19H18N4O5S. The van der Waals surface area contributed by atoms with Crippen molar-refractivity contribution in [3.05, 3.63) is 59.7 Å². The Morgan fingerprint density at radius 1 is 1.34 bits per heavy atom. The summed E-state index contributed by atoms with van der Waals surface area (Å²) >= 11 is 0. The van der Waals surface area contributed by atoms with Gasteiger partial charge in [-0.05, 0) is 49.2 Å². The van der Waals surface area contributed by atoms with Crippen LogP contribution in [0.25, 0.3) is 11.4 Å². The van der Waals surface area contributed by atoms with Gasteiger partial charge < -0.3 is 9.26 Å². The SMILES string of the molecule is CC1Cc2cc(C(=O)OCc3nc(-c4cccnc4)no3)ccc2N1S(C)(=O)=O. The lowest BCUT2D eigenvalue weighted by Crippen LogP contribution is -2.34. The summed E-state index contributed by atoms with van der Waals surface area (Å²) in [5.74, 6) is -0.0360. The van der Waals surface area contributed by atoms with Crippen LogP contribution in [0.15, 0.2) is 47.2 Å². The number of fused-ring (bicyclic) bond motifs is 1. The van der Waals surface area contributed by atoms with Gasteiger partial charge >= 0.3 is 5.97 Å². The number of ether oxygens (including phenoxy) is 1. The number of aromatic nitrogens is 3. The molecule has 0 radical (unpaired) electrons. The van der Waals surface area contributed by atoms with E-state index in [-0.39, 0.29) is 18.5 Å². The summed E-state index contributed by atoms with van der Waals surface area (Å²) in [5, 5.41) is 3.84. The molecule has 0 spiro atoms. The summed E-state index contributed by atoms with van der Waals surface area (Å²) in [7, 11) is -3.38. The largest absolute Gasteiger partial charge is 0.452 e. The van der Waals surface area contributed by atoms with E-state index in [9.17, 15) is 13.2 Å². The first-order valence-electron chi connectivity index (χ1n) is 8.85. The van der Waals surface area contributed by atoms with E-state index in [1.807, 2.05) is 6.92 Å². The third kappa shape index (κ3) is 3.83. The van der Waals surface area contributed by atoms with Gasteiger partial charge in [0.05, 0.1) is 17.5 Å². The van der Waals surface area contributed by atoms with Crippen LogP contribution in [0, 0.1) is 0 Å². The quantitative estimate of drug-likeness (QED) is 0.584. The number of sulfonamides is 1.